The van der Waals surface area contributed by atoms with Crippen LogP contribution in [-0.2, 0) is 9.59 Å². The fraction of sp³-hybridized carbons (Fsp3) is 0.357. The lowest BCUT2D eigenvalue weighted by Crippen LogP contribution is -2.50. The third kappa shape index (κ3) is 2.36. The number of amides is 1. The number of carboxylic acids is 2. The van der Waals surface area contributed by atoms with Crippen LogP contribution in [0.4, 0.5) is 0 Å². The first-order chi connectivity index (χ1) is 9.47. The van der Waals surface area contributed by atoms with Gasteiger partial charge < -0.3 is 15.1 Å². The standard InChI is InChI=1S/C14H15NO5/c16-11(10-4-2-1-3-5-10)15-8-6-14(7-9-15,12(17)18)13(19)20/h1-5H,6-9H2,(H,17,18)(H,19,20). The highest BCUT2D eigenvalue weighted by Gasteiger charge is 2.49. The topological polar surface area (TPSA) is 94.9 Å². The van der Waals surface area contributed by atoms with Gasteiger partial charge in [0.1, 0.15) is 0 Å². The van der Waals surface area contributed by atoms with Gasteiger partial charge in [0.25, 0.3) is 5.91 Å². The second kappa shape index (κ2) is 5.32. The molecule has 6 heteroatoms. The quantitative estimate of drug-likeness (QED) is 0.806. The lowest BCUT2D eigenvalue weighted by molar-refractivity contribution is -0.168. The molecule has 0 radical (unpaired) electrons. The Morgan fingerprint density at radius 3 is 1.90 bits per heavy atom. The number of carboxylic acid groups (broad SMARTS) is 2. The molecular weight excluding hydrogens is 262 g/mol. The van der Waals surface area contributed by atoms with Crippen molar-refractivity contribution in [2.75, 3.05) is 13.1 Å². The minimum Gasteiger partial charge on any atom is -0.480 e. The van der Waals surface area contributed by atoms with Crippen molar-refractivity contribution in [2.45, 2.75) is 12.8 Å². The highest BCUT2D eigenvalue weighted by molar-refractivity contribution is 5.99. The number of hydrogen-bond acceptors (Lipinski definition) is 3. The van der Waals surface area contributed by atoms with Crippen LogP contribution in [0.3, 0.4) is 0 Å². The zero-order valence-corrected chi connectivity index (χ0v) is 10.8. The van der Waals surface area contributed by atoms with Crippen LogP contribution >= 0.6 is 0 Å². The molecule has 106 valence electrons. The van der Waals surface area contributed by atoms with Gasteiger partial charge in [0, 0.05) is 18.7 Å². The van der Waals surface area contributed by atoms with Crippen LogP contribution in [0.15, 0.2) is 30.3 Å². The third-order valence-corrected chi connectivity index (χ3v) is 3.74. The first-order valence-electron chi connectivity index (χ1n) is 6.28. The number of piperidine rings is 1. The van der Waals surface area contributed by atoms with Gasteiger partial charge in [0.2, 0.25) is 0 Å². The molecule has 0 aliphatic carbocycles. The number of rotatable bonds is 3. The number of nitrogens with zero attached hydrogens (tertiary/aromatic N) is 1. The van der Waals surface area contributed by atoms with E-state index in [-0.39, 0.29) is 31.8 Å². The van der Waals surface area contributed by atoms with Gasteiger partial charge in [-0.15, -0.1) is 0 Å². The van der Waals surface area contributed by atoms with E-state index in [1.165, 1.54) is 4.90 Å². The molecule has 2 N–H and O–H groups in total. The molecule has 1 amide bonds. The Bertz CT molecular complexity index is 516. The Hall–Kier alpha value is -2.37. The summed E-state index contributed by atoms with van der Waals surface area (Å²) in [5, 5.41) is 18.2. The van der Waals surface area contributed by atoms with E-state index in [9.17, 15) is 14.4 Å². The summed E-state index contributed by atoms with van der Waals surface area (Å²) in [6.07, 6.45) is -0.146. The van der Waals surface area contributed by atoms with E-state index in [0.29, 0.717) is 5.56 Å². The van der Waals surface area contributed by atoms with E-state index in [1.807, 2.05) is 0 Å². The molecule has 20 heavy (non-hydrogen) atoms. The van der Waals surface area contributed by atoms with Crippen molar-refractivity contribution in [2.24, 2.45) is 5.41 Å². The minimum atomic E-state index is -1.77. The SMILES string of the molecule is O=C(c1ccccc1)N1CCC(C(=O)O)(C(=O)O)CC1. The normalized spacial score (nSPS) is 17.5. The molecule has 0 bridgehead atoms. The molecule has 1 aromatic rings. The Balaban J connectivity index is 2.10. The number of benzene rings is 1. The predicted octanol–water partition coefficient (Wildman–Crippen LogP) is 1.08. The molecule has 0 atom stereocenters. The van der Waals surface area contributed by atoms with Gasteiger partial charge in [-0.3, -0.25) is 14.4 Å². The zero-order chi connectivity index (χ0) is 14.8. The monoisotopic (exact) mass is 277 g/mol. The van der Waals surface area contributed by atoms with Crippen LogP contribution in [-0.4, -0.2) is 46.0 Å². The van der Waals surface area contributed by atoms with Crippen LogP contribution in [0, 0.1) is 5.41 Å². The lowest BCUT2D eigenvalue weighted by atomic mass is 9.78. The largest absolute Gasteiger partial charge is 0.480 e. The van der Waals surface area contributed by atoms with Crippen LogP contribution in [0.1, 0.15) is 23.2 Å². The van der Waals surface area contributed by atoms with Gasteiger partial charge in [-0.25, -0.2) is 0 Å². The summed E-state index contributed by atoms with van der Waals surface area (Å²) in [7, 11) is 0. The number of hydrogen-bond donors (Lipinski definition) is 2. The Morgan fingerprint density at radius 2 is 1.45 bits per heavy atom. The fourth-order valence-electron chi connectivity index (χ4n) is 2.37. The number of carbonyl (C=O) groups is 3. The molecule has 0 unspecified atom stereocenters. The molecule has 1 saturated heterocycles. The molecule has 0 spiro atoms. The average Bonchev–Trinajstić information content (AvgIpc) is 2.47. The molecule has 1 aliphatic heterocycles. The molecule has 0 saturated carbocycles. The second-order valence-electron chi connectivity index (χ2n) is 4.85. The number of carbonyl (C=O) groups excluding carboxylic acids is 1. The maximum Gasteiger partial charge on any atom is 0.321 e. The van der Waals surface area contributed by atoms with Crippen molar-refractivity contribution < 1.29 is 24.6 Å². The molecular formula is C14H15NO5. The zero-order valence-electron chi connectivity index (χ0n) is 10.8. The molecule has 2 rings (SSSR count). The third-order valence-electron chi connectivity index (χ3n) is 3.74. The molecule has 6 nitrogen and oxygen atoms in total. The van der Waals surface area contributed by atoms with E-state index in [2.05, 4.69) is 0 Å². The van der Waals surface area contributed by atoms with Gasteiger partial charge >= 0.3 is 11.9 Å². The Morgan fingerprint density at radius 1 is 0.950 bits per heavy atom. The van der Waals surface area contributed by atoms with Gasteiger partial charge in [0.15, 0.2) is 5.41 Å². The summed E-state index contributed by atoms with van der Waals surface area (Å²) in [6, 6.07) is 8.65. The summed E-state index contributed by atoms with van der Waals surface area (Å²) < 4.78 is 0. The first-order valence-corrected chi connectivity index (χ1v) is 6.28. The van der Waals surface area contributed by atoms with E-state index >= 15 is 0 Å². The van der Waals surface area contributed by atoms with Gasteiger partial charge in [-0.05, 0) is 25.0 Å². The maximum absolute atomic E-state index is 12.2. The van der Waals surface area contributed by atoms with E-state index in [1.54, 1.807) is 30.3 Å². The highest BCUT2D eigenvalue weighted by atomic mass is 16.4. The van der Waals surface area contributed by atoms with Gasteiger partial charge in [-0.1, -0.05) is 18.2 Å². The predicted molar refractivity (Wildman–Crippen MR) is 69.3 cm³/mol. The Labute approximate surface area is 115 Å². The molecule has 1 fully saturated rings. The van der Waals surface area contributed by atoms with E-state index < -0.39 is 17.4 Å². The van der Waals surface area contributed by atoms with E-state index in [4.69, 9.17) is 10.2 Å². The Kier molecular flexibility index (Phi) is 3.74. The maximum atomic E-state index is 12.2. The summed E-state index contributed by atoms with van der Waals surface area (Å²) in [5.41, 5.74) is -1.25. The van der Waals surface area contributed by atoms with Crippen LogP contribution in [0.5, 0.6) is 0 Å². The first kappa shape index (κ1) is 14.0. The average molecular weight is 277 g/mol. The fourth-order valence-corrected chi connectivity index (χ4v) is 2.37. The molecule has 1 aromatic carbocycles. The van der Waals surface area contributed by atoms with Crippen LogP contribution < -0.4 is 0 Å². The van der Waals surface area contributed by atoms with Crippen molar-refractivity contribution in [3.63, 3.8) is 0 Å². The summed E-state index contributed by atoms with van der Waals surface area (Å²) in [4.78, 5) is 36.0. The smallest absolute Gasteiger partial charge is 0.321 e. The molecule has 0 aromatic heterocycles. The number of likely N-dealkylation sites (tertiary alicyclic amines) is 1. The van der Waals surface area contributed by atoms with Crippen molar-refractivity contribution in [1.29, 1.82) is 0 Å². The summed E-state index contributed by atoms with van der Waals surface area (Å²) in [6.45, 7) is 0.263. The van der Waals surface area contributed by atoms with Crippen LogP contribution in [0.25, 0.3) is 0 Å². The summed E-state index contributed by atoms with van der Waals surface area (Å²) >= 11 is 0. The van der Waals surface area contributed by atoms with Gasteiger partial charge in [-0.2, -0.15) is 0 Å². The van der Waals surface area contributed by atoms with Crippen LogP contribution in [0.2, 0.25) is 0 Å². The van der Waals surface area contributed by atoms with Crippen molar-refractivity contribution in [3.05, 3.63) is 35.9 Å². The van der Waals surface area contributed by atoms with Crippen molar-refractivity contribution in [3.8, 4) is 0 Å². The highest BCUT2D eigenvalue weighted by Crippen LogP contribution is 2.32. The molecule has 1 aliphatic rings. The minimum absolute atomic E-state index is 0.0732. The summed E-state index contributed by atoms with van der Waals surface area (Å²) in [5.74, 6) is -2.87. The van der Waals surface area contributed by atoms with Crippen molar-refractivity contribution in [1.82, 2.24) is 4.90 Å². The van der Waals surface area contributed by atoms with Crippen molar-refractivity contribution >= 4 is 17.8 Å². The lowest BCUT2D eigenvalue weighted by Gasteiger charge is -2.36. The number of aliphatic carboxylic acids is 2. The second-order valence-corrected chi connectivity index (χ2v) is 4.85. The molecule has 1 heterocycles. The van der Waals surface area contributed by atoms with E-state index in [0.717, 1.165) is 0 Å². The van der Waals surface area contributed by atoms with Gasteiger partial charge in [0.05, 0.1) is 0 Å².